The summed E-state index contributed by atoms with van der Waals surface area (Å²) in [6.07, 6.45) is 1.53. The molecule has 0 aliphatic carbocycles. The normalized spacial score (nSPS) is 10.6. The maximum Gasteiger partial charge on any atom is 0.224 e. The molecule has 0 amide bonds. The number of aromatic amines is 1. The highest BCUT2D eigenvalue weighted by atomic mass is 35.5. The van der Waals surface area contributed by atoms with Gasteiger partial charge in [-0.2, -0.15) is 9.97 Å². The summed E-state index contributed by atoms with van der Waals surface area (Å²) in [6, 6.07) is 0. The van der Waals surface area contributed by atoms with E-state index in [-0.39, 0.29) is 10.6 Å². The molecule has 0 fully saturated rings. The van der Waals surface area contributed by atoms with Crippen molar-refractivity contribution in [3.8, 4) is 0 Å². The molecule has 3 aromatic rings. The first-order valence-electron chi connectivity index (χ1n) is 5.43. The Morgan fingerprint density at radius 2 is 1.30 bits per heavy atom. The molecule has 0 aliphatic heterocycles. The number of hydrogen-bond acceptors (Lipinski definition) is 3. The van der Waals surface area contributed by atoms with Crippen molar-refractivity contribution in [2.45, 2.75) is 0 Å². The quantitative estimate of drug-likeness (QED) is 0.199. The van der Waals surface area contributed by atoms with E-state index in [1.54, 1.807) is 0 Å². The van der Waals surface area contributed by atoms with Gasteiger partial charge in [0.2, 0.25) is 16.4 Å². The summed E-state index contributed by atoms with van der Waals surface area (Å²) in [5, 5.41) is -0.941. The number of benzene rings is 1. The molecule has 0 unspecified atom stereocenters. The molecule has 12 heteroatoms. The summed E-state index contributed by atoms with van der Waals surface area (Å²) >= 11 is 15.8. The fraction of sp³-hybridized carbons (Fsp3) is 0. The second kappa shape index (κ2) is 6.81. The standard InChI is InChI=1S/C6ClF5.C5H2Cl2N4/c7-1-2(8)4(10)6(12)5(11)3(1)9;6-4-8-1-2-3(10-4)11-5(7)9-2/h;1H,(H,8,9,10,11). The van der Waals surface area contributed by atoms with Crippen LogP contribution < -0.4 is 0 Å². The van der Waals surface area contributed by atoms with Crippen molar-refractivity contribution in [3.05, 3.63) is 50.9 Å². The van der Waals surface area contributed by atoms with Crippen molar-refractivity contribution in [2.75, 3.05) is 0 Å². The van der Waals surface area contributed by atoms with Gasteiger partial charge in [-0.05, 0) is 23.2 Å². The number of hydrogen-bond donors (Lipinski definition) is 1. The van der Waals surface area contributed by atoms with Crippen LogP contribution in [0.2, 0.25) is 15.6 Å². The molecule has 122 valence electrons. The zero-order valence-corrected chi connectivity index (χ0v) is 12.7. The van der Waals surface area contributed by atoms with Crippen molar-refractivity contribution < 1.29 is 22.0 Å². The molecule has 3 rings (SSSR count). The lowest BCUT2D eigenvalue weighted by molar-refractivity contribution is 0.379. The molecule has 0 atom stereocenters. The summed E-state index contributed by atoms with van der Waals surface area (Å²) in [5.74, 6) is -10.3. The van der Waals surface area contributed by atoms with Gasteiger partial charge in [-0.25, -0.2) is 26.9 Å². The zero-order chi connectivity index (χ0) is 17.3. The van der Waals surface area contributed by atoms with Crippen LogP contribution in [0.1, 0.15) is 0 Å². The minimum atomic E-state index is -2.21. The lowest BCUT2D eigenvalue weighted by Gasteiger charge is -2.00. The van der Waals surface area contributed by atoms with Gasteiger partial charge < -0.3 is 4.98 Å². The predicted octanol–water partition coefficient (Wildman–Crippen LogP) is 4.70. The van der Waals surface area contributed by atoms with E-state index in [1.165, 1.54) is 6.20 Å². The van der Waals surface area contributed by atoms with Crippen LogP contribution in [0.5, 0.6) is 0 Å². The molecule has 0 bridgehead atoms. The average molecular weight is 392 g/mol. The first kappa shape index (κ1) is 17.6. The molecule has 2 heterocycles. The Morgan fingerprint density at radius 3 is 1.87 bits per heavy atom. The Balaban J connectivity index is 0.000000167. The Morgan fingerprint density at radius 1 is 0.783 bits per heavy atom. The molecular weight excluding hydrogens is 389 g/mol. The number of nitrogens with zero attached hydrogens (tertiary/aromatic N) is 3. The molecule has 0 saturated carbocycles. The second-order valence-corrected chi connectivity index (χ2v) is 4.86. The molecule has 1 N–H and O–H groups in total. The van der Waals surface area contributed by atoms with Crippen LogP contribution in [0, 0.1) is 29.1 Å². The van der Waals surface area contributed by atoms with Gasteiger partial charge in [-0.3, -0.25) is 0 Å². The maximum atomic E-state index is 12.3. The van der Waals surface area contributed by atoms with Gasteiger partial charge in [-0.1, -0.05) is 11.6 Å². The third kappa shape index (κ3) is 3.62. The lowest BCUT2D eigenvalue weighted by atomic mass is 10.3. The molecule has 23 heavy (non-hydrogen) atoms. The number of rotatable bonds is 0. The van der Waals surface area contributed by atoms with Crippen molar-refractivity contribution in [1.29, 1.82) is 0 Å². The summed E-state index contributed by atoms with van der Waals surface area (Å²) in [7, 11) is 0. The summed E-state index contributed by atoms with van der Waals surface area (Å²) in [6.45, 7) is 0. The summed E-state index contributed by atoms with van der Waals surface area (Å²) in [5.41, 5.74) is 1.16. The molecule has 0 spiro atoms. The number of halogens is 8. The molecule has 2 aromatic heterocycles. The van der Waals surface area contributed by atoms with E-state index in [9.17, 15) is 22.0 Å². The maximum absolute atomic E-state index is 12.3. The van der Waals surface area contributed by atoms with E-state index in [2.05, 4.69) is 19.9 Å². The van der Waals surface area contributed by atoms with E-state index in [4.69, 9.17) is 34.8 Å². The van der Waals surface area contributed by atoms with Crippen LogP contribution >= 0.6 is 34.8 Å². The van der Waals surface area contributed by atoms with Crippen LogP contribution in [-0.4, -0.2) is 19.9 Å². The molecule has 0 radical (unpaired) electrons. The zero-order valence-electron chi connectivity index (χ0n) is 10.4. The first-order valence-corrected chi connectivity index (χ1v) is 6.56. The highest BCUT2D eigenvalue weighted by molar-refractivity contribution is 6.31. The molecule has 4 nitrogen and oxygen atoms in total. The van der Waals surface area contributed by atoms with Crippen LogP contribution in [0.15, 0.2) is 6.20 Å². The van der Waals surface area contributed by atoms with E-state index in [0.717, 1.165) is 0 Å². The molecule has 1 aromatic carbocycles. The number of imidazole rings is 1. The van der Waals surface area contributed by atoms with Crippen LogP contribution in [0.4, 0.5) is 22.0 Å². The van der Waals surface area contributed by atoms with Crippen molar-refractivity contribution >= 4 is 46.0 Å². The number of fused-ring (bicyclic) bond motifs is 1. The minimum absolute atomic E-state index is 0.167. The molecular formula is C11H2Cl3F5N4. The Hall–Kier alpha value is -1.71. The Kier molecular flexibility index (Phi) is 5.23. The van der Waals surface area contributed by atoms with Crippen molar-refractivity contribution in [1.82, 2.24) is 19.9 Å². The van der Waals surface area contributed by atoms with Gasteiger partial charge in [0.15, 0.2) is 28.9 Å². The van der Waals surface area contributed by atoms with Crippen LogP contribution in [-0.2, 0) is 0 Å². The highest BCUT2D eigenvalue weighted by Gasteiger charge is 2.24. The van der Waals surface area contributed by atoms with E-state index >= 15 is 0 Å². The fourth-order valence-corrected chi connectivity index (χ4v) is 1.81. The number of nitrogens with one attached hydrogen (secondary N) is 1. The largest absolute Gasteiger partial charge is 0.326 e. The van der Waals surface area contributed by atoms with Gasteiger partial charge in [0, 0.05) is 0 Å². The summed E-state index contributed by atoms with van der Waals surface area (Å²) in [4.78, 5) is 14.2. The topological polar surface area (TPSA) is 54.5 Å². The smallest absolute Gasteiger partial charge is 0.224 e. The van der Waals surface area contributed by atoms with Gasteiger partial charge in [0.05, 0.1) is 6.20 Å². The SMILES string of the molecule is Clc1ncc2[nH]c(Cl)nc2n1.Fc1c(F)c(F)c(Cl)c(F)c1F. The van der Waals surface area contributed by atoms with Gasteiger partial charge in [-0.15, -0.1) is 0 Å². The van der Waals surface area contributed by atoms with E-state index in [0.29, 0.717) is 11.2 Å². The average Bonchev–Trinajstić information content (AvgIpc) is 2.89. The predicted molar refractivity (Wildman–Crippen MR) is 72.9 cm³/mol. The van der Waals surface area contributed by atoms with E-state index in [1.807, 2.05) is 0 Å². The third-order valence-electron chi connectivity index (χ3n) is 2.34. The van der Waals surface area contributed by atoms with Crippen LogP contribution in [0.25, 0.3) is 11.2 Å². The minimum Gasteiger partial charge on any atom is -0.326 e. The number of H-pyrrole nitrogens is 1. The van der Waals surface area contributed by atoms with Gasteiger partial charge in [0.1, 0.15) is 10.5 Å². The van der Waals surface area contributed by atoms with Gasteiger partial charge in [0.25, 0.3) is 0 Å². The monoisotopic (exact) mass is 390 g/mol. The van der Waals surface area contributed by atoms with Gasteiger partial charge >= 0.3 is 0 Å². The Labute approximate surface area is 139 Å². The first-order chi connectivity index (χ1) is 10.7. The molecule has 0 aliphatic rings. The third-order valence-corrected chi connectivity index (χ3v) is 3.03. The van der Waals surface area contributed by atoms with Crippen LogP contribution in [0.3, 0.4) is 0 Å². The van der Waals surface area contributed by atoms with Crippen molar-refractivity contribution in [2.24, 2.45) is 0 Å². The van der Waals surface area contributed by atoms with E-state index < -0.39 is 34.1 Å². The molecule has 0 saturated heterocycles. The lowest BCUT2D eigenvalue weighted by Crippen LogP contribution is -2.00. The number of aromatic nitrogens is 4. The second-order valence-electron chi connectivity index (χ2n) is 3.79. The van der Waals surface area contributed by atoms with Crippen molar-refractivity contribution in [3.63, 3.8) is 0 Å². The fourth-order valence-electron chi connectivity index (χ4n) is 1.34. The summed E-state index contributed by atoms with van der Waals surface area (Å²) < 4.78 is 61.1. The Bertz CT molecular complexity index is 781. The highest BCUT2D eigenvalue weighted by Crippen LogP contribution is 2.26.